The molecule has 0 atom stereocenters. The van der Waals surface area contributed by atoms with E-state index in [1.54, 1.807) is 0 Å². The summed E-state index contributed by atoms with van der Waals surface area (Å²) in [4.78, 5) is 4.19. The van der Waals surface area contributed by atoms with Crippen LogP contribution in [0.5, 0.6) is 0 Å². The average molecular weight is 165 g/mol. The molecule has 0 aromatic heterocycles. The summed E-state index contributed by atoms with van der Waals surface area (Å²) in [6.07, 6.45) is 5.20. The molecule has 0 aliphatic carbocycles. The maximum Gasteiger partial charge on any atom is 0.0481 e. The van der Waals surface area contributed by atoms with E-state index in [0.717, 1.165) is 13.0 Å². The largest absolute Gasteiger partial charge is 0.243 e. The molecule has 12 heavy (non-hydrogen) atoms. The summed E-state index contributed by atoms with van der Waals surface area (Å²) in [5, 5.41) is 0. The monoisotopic (exact) mass is 165 g/mol. The highest BCUT2D eigenvalue weighted by atomic mass is 14.7. The maximum atomic E-state index is 4.19. The second-order valence-electron chi connectivity index (χ2n) is 3.10. The van der Waals surface area contributed by atoms with Gasteiger partial charge in [-0.2, -0.15) is 0 Å². The van der Waals surface area contributed by atoms with Gasteiger partial charge in [0, 0.05) is 12.1 Å². The minimum atomic E-state index is 0.516. The summed E-state index contributed by atoms with van der Waals surface area (Å²) >= 11 is 0. The number of hydrogen-bond donors (Lipinski definition) is 0. The van der Waals surface area contributed by atoms with E-state index in [1.165, 1.54) is 5.57 Å². The van der Waals surface area contributed by atoms with Gasteiger partial charge in [0.1, 0.15) is 0 Å². The van der Waals surface area contributed by atoms with Crippen molar-refractivity contribution in [1.29, 1.82) is 0 Å². The SMILES string of the molecule is C/C=C\C(=C=NCCC)C(C)C. The molecule has 0 N–H and O–H groups in total. The number of nitrogens with zero attached hydrogens (tertiary/aromatic N) is 1. The first kappa shape index (κ1) is 11.2. The molecule has 0 radical (unpaired) electrons. The molecule has 0 aromatic carbocycles. The van der Waals surface area contributed by atoms with E-state index < -0.39 is 0 Å². The van der Waals surface area contributed by atoms with Crippen molar-refractivity contribution in [3.05, 3.63) is 17.7 Å². The molecule has 1 heteroatoms. The molecule has 1 nitrogen and oxygen atoms in total. The summed E-state index contributed by atoms with van der Waals surface area (Å²) in [5.74, 6) is 3.59. The van der Waals surface area contributed by atoms with E-state index in [2.05, 4.69) is 37.7 Å². The average Bonchev–Trinajstić information content (AvgIpc) is 2.03. The topological polar surface area (TPSA) is 12.4 Å². The Morgan fingerprint density at radius 1 is 1.50 bits per heavy atom. The lowest BCUT2D eigenvalue weighted by atomic mass is 10.1. The van der Waals surface area contributed by atoms with E-state index in [4.69, 9.17) is 0 Å². The van der Waals surface area contributed by atoms with Crippen LogP contribution in [0, 0.1) is 5.92 Å². The lowest BCUT2D eigenvalue weighted by molar-refractivity contribution is 0.799. The molecule has 68 valence electrons. The zero-order valence-electron chi connectivity index (χ0n) is 8.59. The van der Waals surface area contributed by atoms with Crippen LogP contribution >= 0.6 is 0 Å². The molecule has 0 bridgehead atoms. The first-order valence-corrected chi connectivity index (χ1v) is 4.64. The highest BCUT2D eigenvalue weighted by Crippen LogP contribution is 2.06. The highest BCUT2D eigenvalue weighted by Gasteiger charge is 1.96. The van der Waals surface area contributed by atoms with Crippen molar-refractivity contribution in [3.8, 4) is 0 Å². The van der Waals surface area contributed by atoms with E-state index in [1.807, 2.05) is 13.0 Å². The Balaban J connectivity index is 4.37. The van der Waals surface area contributed by atoms with Gasteiger partial charge in [-0.05, 0) is 25.1 Å². The fourth-order valence-corrected chi connectivity index (χ4v) is 0.797. The first-order valence-electron chi connectivity index (χ1n) is 4.64. The van der Waals surface area contributed by atoms with Crippen LogP contribution in [-0.2, 0) is 0 Å². The highest BCUT2D eigenvalue weighted by molar-refractivity contribution is 5.62. The minimum absolute atomic E-state index is 0.516. The molecule has 0 saturated heterocycles. The minimum Gasteiger partial charge on any atom is -0.243 e. The van der Waals surface area contributed by atoms with Gasteiger partial charge >= 0.3 is 0 Å². The fraction of sp³-hybridized carbons (Fsp3) is 0.636. The van der Waals surface area contributed by atoms with E-state index in [9.17, 15) is 0 Å². The van der Waals surface area contributed by atoms with Gasteiger partial charge < -0.3 is 0 Å². The normalized spacial score (nSPS) is 10.4. The zero-order valence-corrected chi connectivity index (χ0v) is 8.59. The van der Waals surface area contributed by atoms with Crippen LogP contribution in [0.2, 0.25) is 0 Å². The summed E-state index contributed by atoms with van der Waals surface area (Å²) in [5.41, 5.74) is 1.19. The number of allylic oxidation sites excluding steroid dienone is 3. The number of rotatable bonds is 4. The van der Waals surface area contributed by atoms with Crippen LogP contribution in [-0.4, -0.2) is 12.4 Å². The van der Waals surface area contributed by atoms with Gasteiger partial charge in [-0.3, -0.25) is 0 Å². The molecule has 0 fully saturated rings. The Bertz CT molecular complexity index is 193. The lowest BCUT2D eigenvalue weighted by Crippen LogP contribution is -1.91. The van der Waals surface area contributed by atoms with Crippen LogP contribution in [0.3, 0.4) is 0 Å². The maximum absolute atomic E-state index is 4.19. The van der Waals surface area contributed by atoms with Crippen LogP contribution in [0.25, 0.3) is 0 Å². The molecular formula is C11H19N. The van der Waals surface area contributed by atoms with Crippen molar-refractivity contribution in [2.45, 2.75) is 34.1 Å². The molecule has 0 spiro atoms. The van der Waals surface area contributed by atoms with E-state index in [0.29, 0.717) is 5.92 Å². The molecular weight excluding hydrogens is 146 g/mol. The van der Waals surface area contributed by atoms with Crippen LogP contribution < -0.4 is 0 Å². The Labute approximate surface area is 75.9 Å². The van der Waals surface area contributed by atoms with Gasteiger partial charge in [-0.1, -0.05) is 32.9 Å². The third kappa shape index (κ3) is 4.92. The van der Waals surface area contributed by atoms with Crippen molar-refractivity contribution in [2.24, 2.45) is 10.9 Å². The van der Waals surface area contributed by atoms with Gasteiger partial charge in [0.25, 0.3) is 0 Å². The van der Waals surface area contributed by atoms with Crippen LogP contribution in [0.15, 0.2) is 22.7 Å². The van der Waals surface area contributed by atoms with Gasteiger partial charge in [-0.15, -0.1) is 0 Å². The standard InChI is InChI=1S/C11H19N/c1-5-7-11(10(3)4)9-12-8-6-2/h5,7,10H,6,8H2,1-4H3/b7-5-. The Morgan fingerprint density at radius 2 is 2.17 bits per heavy atom. The summed E-state index contributed by atoms with van der Waals surface area (Å²) in [6, 6.07) is 0. The lowest BCUT2D eigenvalue weighted by Gasteiger charge is -2.00. The molecule has 0 aromatic rings. The van der Waals surface area contributed by atoms with Crippen molar-refractivity contribution >= 4 is 5.87 Å². The first-order chi connectivity index (χ1) is 5.72. The van der Waals surface area contributed by atoms with Crippen molar-refractivity contribution in [1.82, 2.24) is 0 Å². The Kier molecular flexibility index (Phi) is 6.41. The van der Waals surface area contributed by atoms with Gasteiger partial charge in [0.15, 0.2) is 0 Å². The van der Waals surface area contributed by atoms with E-state index in [-0.39, 0.29) is 0 Å². The third-order valence-corrected chi connectivity index (χ3v) is 1.51. The molecule has 0 saturated carbocycles. The molecule has 0 heterocycles. The molecule has 0 amide bonds. The third-order valence-electron chi connectivity index (χ3n) is 1.51. The van der Waals surface area contributed by atoms with Gasteiger partial charge in [-0.25, -0.2) is 4.99 Å². The van der Waals surface area contributed by atoms with Crippen molar-refractivity contribution in [3.63, 3.8) is 0 Å². The summed E-state index contributed by atoms with van der Waals surface area (Å²) < 4.78 is 0. The smallest absolute Gasteiger partial charge is 0.0481 e. The van der Waals surface area contributed by atoms with E-state index >= 15 is 0 Å². The van der Waals surface area contributed by atoms with Crippen LogP contribution in [0.4, 0.5) is 0 Å². The molecule has 0 aliphatic rings. The number of hydrogen-bond acceptors (Lipinski definition) is 1. The second-order valence-corrected chi connectivity index (χ2v) is 3.10. The Morgan fingerprint density at radius 3 is 2.58 bits per heavy atom. The summed E-state index contributed by atoms with van der Waals surface area (Å²) in [6.45, 7) is 9.33. The second kappa shape index (κ2) is 6.87. The Hall–Kier alpha value is -0.810. The predicted molar refractivity (Wildman–Crippen MR) is 55.8 cm³/mol. The predicted octanol–water partition coefficient (Wildman–Crippen LogP) is 3.22. The fourth-order valence-electron chi connectivity index (χ4n) is 0.797. The molecule has 0 aliphatic heterocycles. The van der Waals surface area contributed by atoms with Gasteiger partial charge in [0.05, 0.1) is 0 Å². The van der Waals surface area contributed by atoms with Crippen LogP contribution in [0.1, 0.15) is 34.1 Å². The quantitative estimate of drug-likeness (QED) is 0.448. The van der Waals surface area contributed by atoms with Crippen molar-refractivity contribution in [2.75, 3.05) is 6.54 Å². The summed E-state index contributed by atoms with van der Waals surface area (Å²) in [7, 11) is 0. The van der Waals surface area contributed by atoms with Crippen molar-refractivity contribution < 1.29 is 0 Å². The number of aliphatic imine (C=N–C) groups is 1. The molecule has 0 unspecified atom stereocenters. The zero-order chi connectivity index (χ0) is 9.40. The van der Waals surface area contributed by atoms with Gasteiger partial charge in [0.2, 0.25) is 0 Å². The molecule has 0 rings (SSSR count).